The maximum Gasteiger partial charge on any atom is 0.254 e. The van der Waals surface area contributed by atoms with Crippen molar-refractivity contribution in [3.8, 4) is 5.75 Å². The first-order valence-electron chi connectivity index (χ1n) is 11.2. The quantitative estimate of drug-likeness (QED) is 0.339. The normalized spacial score (nSPS) is 14.9. The molecule has 2 amide bonds. The first-order chi connectivity index (χ1) is 17.0. The van der Waals surface area contributed by atoms with Crippen molar-refractivity contribution in [1.82, 2.24) is 9.80 Å². The second kappa shape index (κ2) is 12.0. The molecule has 1 aliphatic rings. The molecule has 1 aliphatic heterocycles. The molecule has 35 heavy (non-hydrogen) atoms. The lowest BCUT2D eigenvalue weighted by Gasteiger charge is -2.37. The van der Waals surface area contributed by atoms with Gasteiger partial charge in [-0.25, -0.2) is 0 Å². The van der Waals surface area contributed by atoms with Crippen molar-refractivity contribution in [2.75, 3.05) is 40.0 Å². The van der Waals surface area contributed by atoms with E-state index in [2.05, 4.69) is 27.4 Å². The Labute approximate surface area is 222 Å². The van der Waals surface area contributed by atoms with Gasteiger partial charge in [-0.05, 0) is 65.9 Å². The van der Waals surface area contributed by atoms with Crippen LogP contribution in [0.5, 0.6) is 5.75 Å². The maximum atomic E-state index is 13.6. The number of fused-ring (bicyclic) bond motifs is 1. The van der Waals surface area contributed by atoms with Crippen LogP contribution in [-0.2, 0) is 16.0 Å². The van der Waals surface area contributed by atoms with Crippen LogP contribution in [0.15, 0.2) is 64.5 Å². The molecule has 4 rings (SSSR count). The van der Waals surface area contributed by atoms with Gasteiger partial charge in [0.25, 0.3) is 5.91 Å². The average Bonchev–Trinajstić information content (AvgIpc) is 3.34. The number of methoxy groups -OCH3 is 1. The molecule has 6 nitrogen and oxygen atoms in total. The molecule has 9 heteroatoms. The predicted octanol–water partition coefficient (Wildman–Crippen LogP) is 5.46. The monoisotopic (exact) mass is 576 g/mol. The van der Waals surface area contributed by atoms with Gasteiger partial charge in [0.15, 0.2) is 0 Å². The molecular formula is C26H26BrClN2O4S. The first-order valence-corrected chi connectivity index (χ1v) is 13.3. The fourth-order valence-electron chi connectivity index (χ4n) is 4.09. The Bertz CT molecular complexity index is 1170. The molecule has 1 aromatic heterocycles. The van der Waals surface area contributed by atoms with E-state index in [-0.39, 0.29) is 24.4 Å². The third-order valence-electron chi connectivity index (χ3n) is 5.89. The van der Waals surface area contributed by atoms with Crippen molar-refractivity contribution >= 4 is 50.7 Å². The topological polar surface area (TPSA) is 59.1 Å². The summed E-state index contributed by atoms with van der Waals surface area (Å²) in [6.07, 6.45) is 0.786. The number of rotatable bonds is 9. The van der Waals surface area contributed by atoms with Crippen LogP contribution in [0.25, 0.3) is 0 Å². The van der Waals surface area contributed by atoms with Gasteiger partial charge in [-0.15, -0.1) is 11.3 Å². The minimum Gasteiger partial charge on any atom is -0.491 e. The van der Waals surface area contributed by atoms with Crippen molar-refractivity contribution in [1.29, 1.82) is 0 Å². The molecular weight excluding hydrogens is 552 g/mol. The Morgan fingerprint density at radius 2 is 2.00 bits per heavy atom. The number of carbonyl (C=O) groups excluding carboxylic acids is 2. The second-order valence-electron chi connectivity index (χ2n) is 8.15. The number of thiophene rings is 1. The number of carbonyl (C=O) groups is 2. The van der Waals surface area contributed by atoms with E-state index < -0.39 is 0 Å². The summed E-state index contributed by atoms with van der Waals surface area (Å²) in [6, 6.07) is 16.2. The molecule has 0 aliphatic carbocycles. The van der Waals surface area contributed by atoms with Gasteiger partial charge in [0.2, 0.25) is 5.91 Å². The lowest BCUT2D eigenvalue weighted by molar-refractivity contribution is -0.135. The van der Waals surface area contributed by atoms with Crippen LogP contribution in [0.4, 0.5) is 0 Å². The zero-order chi connectivity index (χ0) is 24.8. The van der Waals surface area contributed by atoms with Crippen molar-refractivity contribution in [3.05, 3.63) is 85.5 Å². The minimum atomic E-state index is -0.238. The predicted molar refractivity (Wildman–Crippen MR) is 141 cm³/mol. The molecule has 3 aromatic rings. The van der Waals surface area contributed by atoms with Crippen LogP contribution in [-0.4, -0.2) is 61.6 Å². The summed E-state index contributed by atoms with van der Waals surface area (Å²) in [5.74, 6) is 0.362. The zero-order valence-corrected chi connectivity index (χ0v) is 22.4. The zero-order valence-electron chi connectivity index (χ0n) is 19.3. The van der Waals surface area contributed by atoms with Gasteiger partial charge >= 0.3 is 0 Å². The van der Waals surface area contributed by atoms with Gasteiger partial charge in [-0.3, -0.25) is 9.59 Å². The summed E-state index contributed by atoms with van der Waals surface area (Å²) in [6.45, 7) is 1.51. The third kappa shape index (κ3) is 6.44. The Kier molecular flexibility index (Phi) is 8.83. The van der Waals surface area contributed by atoms with E-state index in [1.165, 1.54) is 4.88 Å². The molecule has 2 aromatic carbocycles. The number of amides is 2. The summed E-state index contributed by atoms with van der Waals surface area (Å²) >= 11 is 11.1. The average molecular weight is 578 g/mol. The van der Waals surface area contributed by atoms with Crippen molar-refractivity contribution in [2.45, 2.75) is 12.5 Å². The lowest BCUT2D eigenvalue weighted by Crippen LogP contribution is -2.48. The summed E-state index contributed by atoms with van der Waals surface area (Å²) in [7, 11) is 1.58. The molecule has 0 fully saturated rings. The van der Waals surface area contributed by atoms with Gasteiger partial charge < -0.3 is 19.3 Å². The molecule has 0 unspecified atom stereocenters. The molecule has 2 heterocycles. The van der Waals surface area contributed by atoms with E-state index in [9.17, 15) is 9.59 Å². The number of ether oxygens (including phenoxy) is 2. The molecule has 0 radical (unpaired) electrons. The highest BCUT2D eigenvalue weighted by Crippen LogP contribution is 2.34. The molecule has 184 valence electrons. The lowest BCUT2D eigenvalue weighted by atomic mass is 10.0. The van der Waals surface area contributed by atoms with Crippen LogP contribution in [0.1, 0.15) is 26.8 Å². The van der Waals surface area contributed by atoms with Crippen LogP contribution >= 0.6 is 38.9 Å². The Hall–Kier alpha value is -2.39. The Morgan fingerprint density at radius 1 is 1.20 bits per heavy atom. The van der Waals surface area contributed by atoms with Crippen molar-refractivity contribution < 1.29 is 19.1 Å². The largest absolute Gasteiger partial charge is 0.491 e. The second-order valence-corrected chi connectivity index (χ2v) is 10.5. The molecule has 0 saturated heterocycles. The van der Waals surface area contributed by atoms with E-state index in [1.54, 1.807) is 53.7 Å². The molecule has 1 atom stereocenters. The smallest absolute Gasteiger partial charge is 0.254 e. The molecule has 0 spiro atoms. The number of hydrogen-bond donors (Lipinski definition) is 0. The Morgan fingerprint density at radius 3 is 2.74 bits per heavy atom. The highest BCUT2D eigenvalue weighted by atomic mass is 79.9. The van der Waals surface area contributed by atoms with Crippen LogP contribution < -0.4 is 4.74 Å². The van der Waals surface area contributed by atoms with Crippen LogP contribution in [0.3, 0.4) is 0 Å². The summed E-state index contributed by atoms with van der Waals surface area (Å²) in [4.78, 5) is 31.5. The highest BCUT2D eigenvalue weighted by Gasteiger charge is 2.33. The number of halogens is 2. The SMILES string of the molecule is COCCN(CC(=O)N1CCc2sccc2[C@@H]1COc1ccc(Cl)cc1)C(=O)c1cccc(Br)c1. The summed E-state index contributed by atoms with van der Waals surface area (Å²) < 4.78 is 12.1. The standard InChI is InChI=1S/C26H26BrClN2O4S/c1-33-13-12-29(26(32)18-3-2-4-19(27)15-18)16-25(31)30-11-9-24-22(10-14-35-24)23(30)17-34-21-7-5-20(28)6-8-21/h2-8,10,14-15,23H,9,11-13,16-17H2,1H3/t23-/m0/s1. The molecule has 0 bridgehead atoms. The fraction of sp³-hybridized carbons (Fsp3) is 0.308. The highest BCUT2D eigenvalue weighted by molar-refractivity contribution is 9.10. The fourth-order valence-corrected chi connectivity index (χ4v) is 5.55. The number of hydrogen-bond acceptors (Lipinski definition) is 5. The van der Waals surface area contributed by atoms with Crippen LogP contribution in [0.2, 0.25) is 5.02 Å². The van der Waals surface area contributed by atoms with Gasteiger partial charge in [-0.2, -0.15) is 0 Å². The number of nitrogens with zero attached hydrogens (tertiary/aromatic N) is 2. The van der Waals surface area contributed by atoms with Crippen molar-refractivity contribution in [3.63, 3.8) is 0 Å². The van der Waals surface area contributed by atoms with Gasteiger partial charge in [0.1, 0.15) is 18.9 Å². The van der Waals surface area contributed by atoms with Gasteiger partial charge in [0.05, 0.1) is 12.6 Å². The Balaban J connectivity index is 1.52. The van der Waals surface area contributed by atoms with E-state index >= 15 is 0 Å². The summed E-state index contributed by atoms with van der Waals surface area (Å²) in [5.41, 5.74) is 1.62. The molecule has 0 N–H and O–H groups in total. The first kappa shape index (κ1) is 25.7. The third-order valence-corrected chi connectivity index (χ3v) is 7.63. The number of benzene rings is 2. The van der Waals surface area contributed by atoms with E-state index in [0.29, 0.717) is 42.6 Å². The minimum absolute atomic E-state index is 0.0361. The van der Waals surface area contributed by atoms with E-state index in [1.807, 2.05) is 23.1 Å². The van der Waals surface area contributed by atoms with Gasteiger partial charge in [-0.1, -0.05) is 33.6 Å². The van der Waals surface area contributed by atoms with E-state index in [0.717, 1.165) is 16.5 Å². The van der Waals surface area contributed by atoms with Gasteiger partial charge in [0, 0.05) is 40.1 Å². The maximum absolute atomic E-state index is 13.6. The van der Waals surface area contributed by atoms with Crippen LogP contribution in [0, 0.1) is 0 Å². The van der Waals surface area contributed by atoms with Crippen molar-refractivity contribution in [2.24, 2.45) is 0 Å². The van der Waals surface area contributed by atoms with E-state index in [4.69, 9.17) is 21.1 Å². The summed E-state index contributed by atoms with van der Waals surface area (Å²) in [5, 5.41) is 2.69. The molecule has 0 saturated carbocycles.